The van der Waals surface area contributed by atoms with Gasteiger partial charge in [0.05, 0.1) is 18.5 Å². The lowest BCUT2D eigenvalue weighted by Gasteiger charge is -2.19. The minimum atomic E-state index is -4.59. The number of carbonyl (C=O) groups is 1. The highest BCUT2D eigenvalue weighted by Crippen LogP contribution is 2.32. The van der Waals surface area contributed by atoms with Crippen LogP contribution in [0.25, 0.3) is 11.3 Å². The molecule has 1 aliphatic rings. The third kappa shape index (κ3) is 6.06. The first-order valence-corrected chi connectivity index (χ1v) is 9.81. The van der Waals surface area contributed by atoms with Gasteiger partial charge >= 0.3 is 6.18 Å². The molecule has 11 heteroatoms. The molecule has 1 amide bonds. The lowest BCUT2D eigenvalue weighted by molar-refractivity contribution is -0.189. The maximum absolute atomic E-state index is 13.0. The number of hydrogen-bond acceptors (Lipinski definition) is 6. The van der Waals surface area contributed by atoms with E-state index in [-0.39, 0.29) is 29.7 Å². The minimum Gasteiger partial charge on any atom is -0.463 e. The second-order valence-corrected chi connectivity index (χ2v) is 7.38. The Bertz CT molecular complexity index is 963. The van der Waals surface area contributed by atoms with E-state index in [4.69, 9.17) is 21.2 Å². The Balaban J connectivity index is 1.86. The van der Waals surface area contributed by atoms with Crippen molar-refractivity contribution in [2.45, 2.75) is 32.0 Å². The zero-order valence-electron chi connectivity index (χ0n) is 16.7. The molecule has 1 N–H and O–H groups in total. The zero-order valence-corrected chi connectivity index (χ0v) is 17.5. The predicted molar refractivity (Wildman–Crippen MR) is 108 cm³/mol. The van der Waals surface area contributed by atoms with E-state index < -0.39 is 18.2 Å². The maximum Gasteiger partial charge on any atom is 0.425 e. The molecule has 0 unspecified atom stereocenters. The van der Waals surface area contributed by atoms with E-state index >= 15 is 0 Å². The summed E-state index contributed by atoms with van der Waals surface area (Å²) < 4.78 is 43.9. The van der Waals surface area contributed by atoms with Crippen LogP contribution in [0, 0.1) is 5.92 Å². The summed E-state index contributed by atoms with van der Waals surface area (Å²) in [5.74, 6) is -0.624. The number of oxime groups is 1. The summed E-state index contributed by atoms with van der Waals surface area (Å²) in [5.41, 5.74) is 1.02. The molecule has 0 spiro atoms. The van der Waals surface area contributed by atoms with Crippen molar-refractivity contribution in [1.82, 2.24) is 15.3 Å². The zero-order chi connectivity index (χ0) is 22.6. The number of amides is 1. The second kappa shape index (κ2) is 9.51. The Morgan fingerprint density at radius 3 is 2.58 bits per heavy atom. The fourth-order valence-corrected chi connectivity index (χ4v) is 2.78. The number of alkyl halides is 3. The fraction of sp³-hybridized carbons (Fsp3) is 0.400. The topological polar surface area (TPSA) is 85.7 Å². The third-order valence-electron chi connectivity index (χ3n) is 4.53. The molecule has 1 aromatic heterocycles. The molecule has 0 bridgehead atoms. The van der Waals surface area contributed by atoms with Gasteiger partial charge in [-0.25, -0.2) is 9.97 Å². The van der Waals surface area contributed by atoms with E-state index in [9.17, 15) is 18.0 Å². The largest absolute Gasteiger partial charge is 0.463 e. The van der Waals surface area contributed by atoms with E-state index in [0.717, 1.165) is 26.0 Å². The van der Waals surface area contributed by atoms with Gasteiger partial charge in [0.15, 0.2) is 6.10 Å². The molecule has 1 aliphatic carbocycles. The number of ether oxygens (including phenoxy) is 1. The van der Waals surface area contributed by atoms with Crippen LogP contribution in [-0.2, 0) is 4.84 Å². The number of halogens is 4. The van der Waals surface area contributed by atoms with Gasteiger partial charge in [-0.1, -0.05) is 28.9 Å². The second-order valence-electron chi connectivity index (χ2n) is 6.94. The monoisotopic (exact) mass is 456 g/mol. The van der Waals surface area contributed by atoms with Gasteiger partial charge in [0, 0.05) is 16.5 Å². The molecule has 0 radical (unpaired) electrons. The van der Waals surface area contributed by atoms with Gasteiger partial charge in [-0.15, -0.1) is 0 Å². The van der Waals surface area contributed by atoms with Gasteiger partial charge in [0.1, 0.15) is 18.5 Å². The maximum atomic E-state index is 13.0. The van der Waals surface area contributed by atoms with Crippen molar-refractivity contribution in [1.29, 1.82) is 0 Å². The molecule has 3 rings (SSSR count). The Labute approximate surface area is 181 Å². The summed E-state index contributed by atoms with van der Waals surface area (Å²) in [6.45, 7) is 1.03. The highest BCUT2D eigenvalue weighted by atomic mass is 35.5. The first-order valence-electron chi connectivity index (χ1n) is 9.43. The van der Waals surface area contributed by atoms with Crippen LogP contribution < -0.4 is 10.1 Å². The molecule has 1 aromatic carbocycles. The van der Waals surface area contributed by atoms with E-state index in [1.165, 1.54) is 7.11 Å². The number of nitrogens with one attached hydrogen (secondary N) is 1. The average Bonchev–Trinajstić information content (AvgIpc) is 3.56. The predicted octanol–water partition coefficient (Wildman–Crippen LogP) is 4.27. The number of rotatable bonds is 8. The molecule has 0 aliphatic heterocycles. The summed E-state index contributed by atoms with van der Waals surface area (Å²) in [5, 5.41) is 7.04. The molecule has 1 atom stereocenters. The van der Waals surface area contributed by atoms with Crippen LogP contribution in [0.3, 0.4) is 0 Å². The van der Waals surface area contributed by atoms with E-state index in [0.29, 0.717) is 16.3 Å². The SMILES string of the molecule is CON=C(CNC(=O)c1cnc(O[C@@H](C)C(F)(F)F)c(-c2ccc(Cl)cc2)n1)C1CC1. The first kappa shape index (κ1) is 22.8. The summed E-state index contributed by atoms with van der Waals surface area (Å²) in [6, 6.07) is 6.20. The highest BCUT2D eigenvalue weighted by molar-refractivity contribution is 6.30. The molecular formula is C20H20ClF3N4O3. The van der Waals surface area contributed by atoms with Crippen molar-refractivity contribution in [3.8, 4) is 17.1 Å². The van der Waals surface area contributed by atoms with E-state index in [2.05, 4.69) is 20.4 Å². The number of nitrogens with zero attached hydrogens (tertiary/aromatic N) is 3. The average molecular weight is 457 g/mol. The lowest BCUT2D eigenvalue weighted by Crippen LogP contribution is -2.32. The van der Waals surface area contributed by atoms with E-state index in [1.54, 1.807) is 24.3 Å². The van der Waals surface area contributed by atoms with Crippen molar-refractivity contribution in [2.24, 2.45) is 11.1 Å². The number of benzene rings is 1. The van der Waals surface area contributed by atoms with Crippen molar-refractivity contribution in [3.63, 3.8) is 0 Å². The van der Waals surface area contributed by atoms with Gasteiger partial charge in [0.25, 0.3) is 5.91 Å². The van der Waals surface area contributed by atoms with Gasteiger partial charge in [-0.05, 0) is 31.9 Å². The number of carbonyl (C=O) groups excluding carboxylic acids is 1. The Hall–Kier alpha value is -2.88. The van der Waals surface area contributed by atoms with Gasteiger partial charge in [-0.2, -0.15) is 13.2 Å². The molecule has 166 valence electrons. The van der Waals surface area contributed by atoms with Crippen LogP contribution >= 0.6 is 11.6 Å². The van der Waals surface area contributed by atoms with Crippen LogP contribution in [0.1, 0.15) is 30.3 Å². The van der Waals surface area contributed by atoms with E-state index in [1.807, 2.05) is 0 Å². The van der Waals surface area contributed by atoms with Crippen molar-refractivity contribution in [2.75, 3.05) is 13.7 Å². The molecule has 1 saturated carbocycles. The molecule has 31 heavy (non-hydrogen) atoms. The van der Waals surface area contributed by atoms with Crippen LogP contribution in [0.15, 0.2) is 35.6 Å². The summed E-state index contributed by atoms with van der Waals surface area (Å²) >= 11 is 5.89. The normalized spacial score (nSPS) is 15.4. The fourth-order valence-electron chi connectivity index (χ4n) is 2.65. The van der Waals surface area contributed by atoms with Gasteiger partial charge in [-0.3, -0.25) is 4.79 Å². The first-order chi connectivity index (χ1) is 14.7. The van der Waals surface area contributed by atoms with Crippen molar-refractivity contribution < 1.29 is 27.5 Å². The van der Waals surface area contributed by atoms with Crippen molar-refractivity contribution >= 4 is 23.2 Å². The standard InChI is InChI=1S/C20H20ClF3N4O3/c1-11(20(22,23)24)31-19-17(13-5-7-14(21)8-6-13)27-16(10-26-19)18(29)25-9-15(28-30-2)12-3-4-12/h5-8,10-12H,3-4,9H2,1-2H3,(H,25,29)/t11-/m0/s1. The summed E-state index contributed by atoms with van der Waals surface area (Å²) in [7, 11) is 1.43. The number of hydrogen-bond donors (Lipinski definition) is 1. The Morgan fingerprint density at radius 2 is 2.00 bits per heavy atom. The molecule has 1 fully saturated rings. The molecule has 2 aromatic rings. The van der Waals surface area contributed by atoms with Crippen molar-refractivity contribution in [3.05, 3.63) is 41.2 Å². The van der Waals surface area contributed by atoms with Crippen LogP contribution in [0.4, 0.5) is 13.2 Å². The molecular weight excluding hydrogens is 437 g/mol. The molecule has 1 heterocycles. The lowest BCUT2D eigenvalue weighted by atomic mass is 10.1. The Morgan fingerprint density at radius 1 is 1.32 bits per heavy atom. The number of aromatic nitrogens is 2. The smallest absolute Gasteiger partial charge is 0.425 e. The highest BCUT2D eigenvalue weighted by Gasteiger charge is 2.39. The van der Waals surface area contributed by atoms with Gasteiger partial charge in [0.2, 0.25) is 5.88 Å². The molecule has 7 nitrogen and oxygen atoms in total. The summed E-state index contributed by atoms with van der Waals surface area (Å²) in [4.78, 5) is 25.5. The Kier molecular flexibility index (Phi) is 6.99. The minimum absolute atomic E-state index is 0.00612. The third-order valence-corrected chi connectivity index (χ3v) is 4.78. The van der Waals surface area contributed by atoms with Crippen LogP contribution in [0.2, 0.25) is 5.02 Å². The van der Waals surface area contributed by atoms with Crippen LogP contribution in [0.5, 0.6) is 5.88 Å². The van der Waals surface area contributed by atoms with Crippen LogP contribution in [-0.4, -0.2) is 47.5 Å². The quantitative estimate of drug-likeness (QED) is 0.473. The summed E-state index contributed by atoms with van der Waals surface area (Å²) in [6.07, 6.45) is -3.69. The molecule has 0 saturated heterocycles. The van der Waals surface area contributed by atoms with Gasteiger partial charge < -0.3 is 14.9 Å².